The Morgan fingerprint density at radius 2 is 1.34 bits per heavy atom. The van der Waals surface area contributed by atoms with E-state index in [1.54, 1.807) is 0 Å². The van der Waals surface area contributed by atoms with E-state index in [1.807, 2.05) is 0 Å². The van der Waals surface area contributed by atoms with E-state index >= 15 is 0 Å². The van der Waals surface area contributed by atoms with E-state index in [2.05, 4.69) is 101 Å². The van der Waals surface area contributed by atoms with E-state index < -0.39 is 8.32 Å². The number of fused-ring (bicyclic) bond motifs is 1. The molecule has 1 aromatic carbocycles. The molecule has 0 aromatic heterocycles. The average Bonchev–Trinajstić information content (AvgIpc) is 2.79. The molecule has 0 amide bonds. The molecule has 218 valence electrons. The lowest BCUT2D eigenvalue weighted by atomic mass is 9.88. The SMILES string of the molecule is Cc1c(C)c2c(c(C)c1O[Si](C)(C)C(C)(C)C)C=C[C@@](C)(CCC[C@H](C)CCC[C@H](C)CCCC(C)C)O2. The highest BCUT2D eigenvalue weighted by Gasteiger charge is 2.40. The minimum absolute atomic E-state index is 0.170. The third-order valence-corrected chi connectivity index (χ3v) is 13.9. The van der Waals surface area contributed by atoms with Crippen LogP contribution in [0, 0.1) is 38.5 Å². The Morgan fingerprint density at radius 3 is 1.87 bits per heavy atom. The Kier molecular flexibility index (Phi) is 11.7. The van der Waals surface area contributed by atoms with Gasteiger partial charge in [-0.15, -0.1) is 0 Å². The van der Waals surface area contributed by atoms with Crippen LogP contribution in [0.5, 0.6) is 11.5 Å². The van der Waals surface area contributed by atoms with E-state index in [0.717, 1.165) is 35.7 Å². The van der Waals surface area contributed by atoms with Crippen molar-refractivity contribution in [3.63, 3.8) is 0 Å². The van der Waals surface area contributed by atoms with Gasteiger partial charge in [0.1, 0.15) is 17.1 Å². The monoisotopic (exact) mass is 542 g/mol. The van der Waals surface area contributed by atoms with Crippen LogP contribution in [0.3, 0.4) is 0 Å². The summed E-state index contributed by atoms with van der Waals surface area (Å²) in [5.74, 6) is 4.66. The molecule has 0 unspecified atom stereocenters. The highest BCUT2D eigenvalue weighted by Crippen LogP contribution is 2.46. The van der Waals surface area contributed by atoms with Crippen molar-refractivity contribution in [2.75, 3.05) is 0 Å². The summed E-state index contributed by atoms with van der Waals surface area (Å²) in [4.78, 5) is 0. The Morgan fingerprint density at radius 1 is 0.816 bits per heavy atom. The van der Waals surface area contributed by atoms with Crippen LogP contribution in [-0.2, 0) is 0 Å². The van der Waals surface area contributed by atoms with Gasteiger partial charge < -0.3 is 9.16 Å². The topological polar surface area (TPSA) is 18.5 Å². The molecule has 0 saturated carbocycles. The van der Waals surface area contributed by atoms with Gasteiger partial charge in [0.05, 0.1) is 0 Å². The molecule has 2 rings (SSSR count). The summed E-state index contributed by atoms with van der Waals surface area (Å²) in [6, 6.07) is 0. The predicted octanol–water partition coefficient (Wildman–Crippen LogP) is 11.6. The second kappa shape index (κ2) is 13.4. The van der Waals surface area contributed by atoms with Crippen LogP contribution in [0.15, 0.2) is 6.08 Å². The maximum absolute atomic E-state index is 6.84. The van der Waals surface area contributed by atoms with E-state index in [-0.39, 0.29) is 10.6 Å². The number of ether oxygens (including phenoxy) is 1. The van der Waals surface area contributed by atoms with Crippen molar-refractivity contribution >= 4 is 14.4 Å². The Labute approximate surface area is 238 Å². The molecule has 3 heteroatoms. The largest absolute Gasteiger partial charge is 0.543 e. The number of hydrogen-bond acceptors (Lipinski definition) is 2. The van der Waals surface area contributed by atoms with Crippen molar-refractivity contribution in [2.45, 2.75) is 158 Å². The zero-order valence-electron chi connectivity index (χ0n) is 27.6. The molecule has 1 aliphatic heterocycles. The molecule has 1 aliphatic rings. The van der Waals surface area contributed by atoms with Crippen molar-refractivity contribution in [1.29, 1.82) is 0 Å². The van der Waals surface area contributed by atoms with Crippen LogP contribution in [0.25, 0.3) is 6.08 Å². The van der Waals surface area contributed by atoms with Gasteiger partial charge in [0.15, 0.2) is 0 Å². The molecule has 0 aliphatic carbocycles. The van der Waals surface area contributed by atoms with Crippen LogP contribution >= 0.6 is 0 Å². The van der Waals surface area contributed by atoms with E-state index in [9.17, 15) is 0 Å². The third kappa shape index (κ3) is 8.90. The Hall–Kier alpha value is -1.22. The van der Waals surface area contributed by atoms with Gasteiger partial charge in [-0.1, -0.05) is 99.5 Å². The van der Waals surface area contributed by atoms with E-state index in [4.69, 9.17) is 9.16 Å². The summed E-state index contributed by atoms with van der Waals surface area (Å²) >= 11 is 0. The summed E-state index contributed by atoms with van der Waals surface area (Å²) in [6.45, 7) is 30.0. The first-order valence-electron chi connectivity index (χ1n) is 15.7. The standard InChI is InChI=1S/C35H62O2Si/c1-25(2)17-14-18-26(3)19-15-20-27(4)21-16-23-35(11)24-22-31-30(7)32(28(5)29(6)33(31)36-35)37-38(12,13)34(8,9)10/h22,24-27H,14-21,23H2,1-13H3/t26-,27-,35-/m1/s1. The number of hydrogen-bond donors (Lipinski definition) is 0. The van der Waals surface area contributed by atoms with Gasteiger partial charge >= 0.3 is 0 Å². The fourth-order valence-electron chi connectivity index (χ4n) is 5.45. The molecule has 0 bridgehead atoms. The minimum Gasteiger partial charge on any atom is -0.543 e. The van der Waals surface area contributed by atoms with Gasteiger partial charge in [0.25, 0.3) is 8.32 Å². The second-order valence-corrected chi connectivity index (χ2v) is 19.6. The first-order chi connectivity index (χ1) is 17.5. The van der Waals surface area contributed by atoms with Gasteiger partial charge in [-0.3, -0.25) is 0 Å². The van der Waals surface area contributed by atoms with E-state index in [1.165, 1.54) is 73.6 Å². The molecule has 0 fully saturated rings. The van der Waals surface area contributed by atoms with Crippen LogP contribution in [0.2, 0.25) is 18.1 Å². The lowest BCUT2D eigenvalue weighted by Crippen LogP contribution is -2.44. The van der Waals surface area contributed by atoms with Crippen LogP contribution in [0.1, 0.15) is 135 Å². The van der Waals surface area contributed by atoms with Gasteiger partial charge in [0, 0.05) is 11.1 Å². The van der Waals surface area contributed by atoms with Gasteiger partial charge in [-0.25, -0.2) is 0 Å². The first-order valence-corrected chi connectivity index (χ1v) is 18.6. The molecule has 1 aromatic rings. The first kappa shape index (κ1) is 33.0. The molecule has 2 nitrogen and oxygen atoms in total. The predicted molar refractivity (Wildman–Crippen MR) is 171 cm³/mol. The van der Waals surface area contributed by atoms with Crippen molar-refractivity contribution in [1.82, 2.24) is 0 Å². The van der Waals surface area contributed by atoms with Crippen molar-refractivity contribution < 1.29 is 9.16 Å². The van der Waals surface area contributed by atoms with Crippen LogP contribution in [0.4, 0.5) is 0 Å². The maximum atomic E-state index is 6.84. The van der Waals surface area contributed by atoms with Gasteiger partial charge in [-0.2, -0.15) is 0 Å². The van der Waals surface area contributed by atoms with Crippen molar-refractivity contribution in [2.24, 2.45) is 17.8 Å². The zero-order valence-corrected chi connectivity index (χ0v) is 28.6. The molecule has 3 atom stereocenters. The van der Waals surface area contributed by atoms with Crippen LogP contribution in [-0.4, -0.2) is 13.9 Å². The van der Waals surface area contributed by atoms with Gasteiger partial charge in [-0.05, 0) is 93.6 Å². The molecule has 1 heterocycles. The average molecular weight is 543 g/mol. The quantitative estimate of drug-likeness (QED) is 0.218. The fraction of sp³-hybridized carbons (Fsp3) is 0.771. The number of benzene rings is 1. The smallest absolute Gasteiger partial charge is 0.250 e. The molecule has 38 heavy (non-hydrogen) atoms. The summed E-state index contributed by atoms with van der Waals surface area (Å²) < 4.78 is 13.6. The molecule has 0 N–H and O–H groups in total. The molecule has 0 radical (unpaired) electrons. The molecule has 0 spiro atoms. The summed E-state index contributed by atoms with van der Waals surface area (Å²) in [6.07, 6.45) is 16.5. The highest BCUT2D eigenvalue weighted by molar-refractivity contribution is 6.74. The summed E-state index contributed by atoms with van der Waals surface area (Å²) in [5, 5.41) is 0.170. The lowest BCUT2D eigenvalue weighted by molar-refractivity contribution is 0.121. The van der Waals surface area contributed by atoms with E-state index in [0.29, 0.717) is 0 Å². The Balaban J connectivity index is 1.94. The zero-order chi connectivity index (χ0) is 28.9. The maximum Gasteiger partial charge on any atom is 0.250 e. The fourth-order valence-corrected chi connectivity index (χ4v) is 6.57. The molecular formula is C35H62O2Si. The minimum atomic E-state index is -1.93. The normalized spacial score (nSPS) is 19.3. The van der Waals surface area contributed by atoms with Crippen molar-refractivity contribution in [3.05, 3.63) is 28.3 Å². The lowest BCUT2D eigenvalue weighted by Gasteiger charge is -2.39. The van der Waals surface area contributed by atoms with Gasteiger partial charge in [0.2, 0.25) is 0 Å². The Bertz CT molecular complexity index is 936. The van der Waals surface area contributed by atoms with Crippen LogP contribution < -0.4 is 9.16 Å². The molecule has 0 saturated heterocycles. The number of rotatable bonds is 14. The molecular weight excluding hydrogens is 480 g/mol. The summed E-state index contributed by atoms with van der Waals surface area (Å²) in [5.41, 5.74) is 4.65. The summed E-state index contributed by atoms with van der Waals surface area (Å²) in [7, 11) is -1.93. The third-order valence-electron chi connectivity index (χ3n) is 9.58. The highest BCUT2D eigenvalue weighted by atomic mass is 28.4. The second-order valence-electron chi connectivity index (χ2n) is 14.9. The van der Waals surface area contributed by atoms with Crippen molar-refractivity contribution in [3.8, 4) is 11.5 Å².